The molecule has 0 fully saturated rings. The van der Waals surface area contributed by atoms with Crippen LogP contribution in [0.2, 0.25) is 0 Å². The molecule has 0 saturated heterocycles. The van der Waals surface area contributed by atoms with Gasteiger partial charge in [-0.15, -0.1) is 0 Å². The molecule has 0 radical (unpaired) electrons. The minimum absolute atomic E-state index is 0.107. The molecule has 0 amide bonds. The Kier molecular flexibility index (Phi) is 6.80. The van der Waals surface area contributed by atoms with Crippen molar-refractivity contribution < 1.29 is 0 Å². The summed E-state index contributed by atoms with van der Waals surface area (Å²) in [5.74, 6) is 1.84. The van der Waals surface area contributed by atoms with Crippen LogP contribution < -0.4 is 0 Å². The highest BCUT2D eigenvalue weighted by atomic mass is 15.2. The maximum Gasteiger partial charge on any atom is 0.238 e. The van der Waals surface area contributed by atoms with Crippen LogP contribution in [0.1, 0.15) is 25.0 Å². The van der Waals surface area contributed by atoms with E-state index < -0.39 is 0 Å². The maximum absolute atomic E-state index is 5.35. The molecule has 0 aliphatic heterocycles. The lowest BCUT2D eigenvalue weighted by molar-refractivity contribution is 0.661. The third-order valence-electron chi connectivity index (χ3n) is 10.6. The number of fused-ring (bicyclic) bond motifs is 7. The summed E-state index contributed by atoms with van der Waals surface area (Å²) >= 11 is 0. The van der Waals surface area contributed by atoms with Gasteiger partial charge in [-0.05, 0) is 74.8 Å². The van der Waals surface area contributed by atoms with Crippen molar-refractivity contribution >= 4 is 21.8 Å². The number of nitrogens with zero attached hydrogens (tertiary/aromatic N) is 4. The van der Waals surface area contributed by atoms with E-state index in [-0.39, 0.29) is 5.41 Å². The molecular weight excluding hydrogens is 633 g/mol. The summed E-state index contributed by atoms with van der Waals surface area (Å²) in [6, 6.07) is 60.0. The number of hydrogen-bond acceptors (Lipinski definition) is 3. The van der Waals surface area contributed by atoms with Gasteiger partial charge in [0.05, 0.1) is 11.0 Å². The maximum atomic E-state index is 5.35. The molecule has 1 aliphatic carbocycles. The summed E-state index contributed by atoms with van der Waals surface area (Å²) in [4.78, 5) is 15.8. The molecule has 0 N–H and O–H groups in total. The molecule has 0 saturated carbocycles. The first-order chi connectivity index (χ1) is 25.5. The molecule has 52 heavy (non-hydrogen) atoms. The predicted octanol–water partition coefficient (Wildman–Crippen LogP) is 11.9. The molecule has 246 valence electrons. The lowest BCUT2D eigenvalue weighted by atomic mass is 9.82. The Balaban J connectivity index is 1.27. The first-order valence-electron chi connectivity index (χ1n) is 17.8. The van der Waals surface area contributed by atoms with Crippen LogP contribution in [-0.2, 0) is 5.41 Å². The van der Waals surface area contributed by atoms with Crippen molar-refractivity contribution in [2.24, 2.45) is 0 Å². The second-order valence-corrected chi connectivity index (χ2v) is 14.1. The van der Waals surface area contributed by atoms with Gasteiger partial charge >= 0.3 is 0 Å². The van der Waals surface area contributed by atoms with Crippen LogP contribution in [0.5, 0.6) is 0 Å². The molecule has 4 heteroatoms. The fourth-order valence-corrected chi connectivity index (χ4v) is 8.13. The van der Waals surface area contributed by atoms with E-state index >= 15 is 0 Å². The van der Waals surface area contributed by atoms with Crippen LogP contribution in [0.25, 0.3) is 83.9 Å². The monoisotopic (exact) mass is 666 g/mol. The summed E-state index contributed by atoms with van der Waals surface area (Å²) < 4.78 is 2.23. The molecule has 0 spiro atoms. The molecule has 4 nitrogen and oxygen atoms in total. The molecule has 0 bridgehead atoms. The molecule has 0 atom stereocenters. The van der Waals surface area contributed by atoms with Gasteiger partial charge in [-0.1, -0.05) is 153 Å². The molecule has 9 aromatic rings. The number of hydrogen-bond donors (Lipinski definition) is 0. The fourth-order valence-electron chi connectivity index (χ4n) is 8.13. The molecule has 10 rings (SSSR count). The van der Waals surface area contributed by atoms with Crippen LogP contribution >= 0.6 is 0 Å². The smallest absolute Gasteiger partial charge is 0.238 e. The van der Waals surface area contributed by atoms with E-state index in [1.54, 1.807) is 0 Å². The van der Waals surface area contributed by atoms with E-state index in [2.05, 4.69) is 170 Å². The highest BCUT2D eigenvalue weighted by Gasteiger charge is 2.37. The Morgan fingerprint density at radius 2 is 0.962 bits per heavy atom. The van der Waals surface area contributed by atoms with Crippen molar-refractivity contribution in [3.63, 3.8) is 0 Å². The lowest BCUT2D eigenvalue weighted by Gasteiger charge is -2.21. The van der Waals surface area contributed by atoms with E-state index in [0.29, 0.717) is 17.6 Å². The molecular formula is C48H34N4. The second-order valence-electron chi connectivity index (χ2n) is 14.1. The fraction of sp³-hybridized carbons (Fsp3) is 0.0625. The Labute approximate surface area is 302 Å². The van der Waals surface area contributed by atoms with E-state index in [0.717, 1.165) is 44.4 Å². The van der Waals surface area contributed by atoms with Crippen molar-refractivity contribution in [3.05, 3.63) is 181 Å². The van der Waals surface area contributed by atoms with E-state index in [1.165, 1.54) is 33.0 Å². The second kappa shape index (κ2) is 11.7. The van der Waals surface area contributed by atoms with E-state index in [4.69, 9.17) is 15.0 Å². The highest BCUT2D eigenvalue weighted by molar-refractivity contribution is 6.17. The Bertz CT molecular complexity index is 2740. The number of rotatable bonds is 5. The summed E-state index contributed by atoms with van der Waals surface area (Å²) in [5, 5.41) is 2.41. The van der Waals surface area contributed by atoms with Gasteiger partial charge in [-0.25, -0.2) is 4.98 Å². The van der Waals surface area contributed by atoms with E-state index in [1.807, 2.05) is 18.2 Å². The SMILES string of the molecule is CC1(C)c2ccccc2-c2c1ccc1c2c2ccccc2n1-c1nc(-c2ccccc2)nc(-c2cc(-c3ccccc3)cc(-c3ccccc3)c2)n1. The van der Waals surface area contributed by atoms with Crippen LogP contribution in [-0.4, -0.2) is 19.5 Å². The van der Waals surface area contributed by atoms with Crippen molar-refractivity contribution in [1.82, 2.24) is 19.5 Å². The van der Waals surface area contributed by atoms with Gasteiger partial charge in [-0.2, -0.15) is 9.97 Å². The predicted molar refractivity (Wildman–Crippen MR) is 213 cm³/mol. The van der Waals surface area contributed by atoms with Gasteiger partial charge in [0.15, 0.2) is 11.6 Å². The zero-order valence-electron chi connectivity index (χ0n) is 29.0. The van der Waals surface area contributed by atoms with Gasteiger partial charge in [0.1, 0.15) is 0 Å². The quantitative estimate of drug-likeness (QED) is 0.184. The van der Waals surface area contributed by atoms with Gasteiger partial charge < -0.3 is 0 Å². The lowest BCUT2D eigenvalue weighted by Crippen LogP contribution is -2.14. The van der Waals surface area contributed by atoms with Crippen LogP contribution in [0.15, 0.2) is 170 Å². The molecule has 2 heterocycles. The van der Waals surface area contributed by atoms with Crippen molar-refractivity contribution in [2.75, 3.05) is 0 Å². The van der Waals surface area contributed by atoms with Gasteiger partial charge in [0.2, 0.25) is 5.95 Å². The Morgan fingerprint density at radius 1 is 0.423 bits per heavy atom. The molecule has 7 aromatic carbocycles. The summed E-state index contributed by atoms with van der Waals surface area (Å²) in [6.07, 6.45) is 0. The highest BCUT2D eigenvalue weighted by Crippen LogP contribution is 2.53. The van der Waals surface area contributed by atoms with Crippen molar-refractivity contribution in [3.8, 4) is 62.1 Å². The standard InChI is InChI=1S/C48H34N4/c1-48(2)39-24-14-12-22-37(39)43-40(48)26-27-42-44(43)38-23-13-15-25-41(38)52(42)47-50-45(33-20-10-5-11-21-33)49-46(51-47)36-29-34(31-16-6-3-7-17-31)28-35(30-36)32-18-8-4-9-19-32/h3-30H,1-2H3. The van der Waals surface area contributed by atoms with Gasteiger partial charge in [-0.3, -0.25) is 4.57 Å². The third kappa shape index (κ3) is 4.72. The van der Waals surface area contributed by atoms with Crippen LogP contribution in [0.4, 0.5) is 0 Å². The Morgan fingerprint density at radius 3 is 1.63 bits per heavy atom. The third-order valence-corrected chi connectivity index (χ3v) is 10.6. The minimum atomic E-state index is -0.107. The van der Waals surface area contributed by atoms with Crippen molar-refractivity contribution in [2.45, 2.75) is 19.3 Å². The van der Waals surface area contributed by atoms with Crippen LogP contribution in [0, 0.1) is 0 Å². The van der Waals surface area contributed by atoms with Crippen molar-refractivity contribution in [1.29, 1.82) is 0 Å². The number of benzene rings is 7. The van der Waals surface area contributed by atoms with Gasteiger partial charge in [0, 0.05) is 27.3 Å². The number of aromatic nitrogens is 4. The Hall–Kier alpha value is -6.65. The van der Waals surface area contributed by atoms with Gasteiger partial charge in [0.25, 0.3) is 0 Å². The zero-order chi connectivity index (χ0) is 34.8. The summed E-state index contributed by atoms with van der Waals surface area (Å²) in [6.45, 7) is 4.67. The van der Waals surface area contributed by atoms with Crippen LogP contribution in [0.3, 0.4) is 0 Å². The largest absolute Gasteiger partial charge is 0.278 e. The van der Waals surface area contributed by atoms with E-state index in [9.17, 15) is 0 Å². The first-order valence-corrected chi connectivity index (χ1v) is 17.8. The first kappa shape index (κ1) is 30.2. The molecule has 1 aliphatic rings. The minimum Gasteiger partial charge on any atom is -0.278 e. The molecule has 0 unspecified atom stereocenters. The summed E-state index contributed by atoms with van der Waals surface area (Å²) in [5.41, 5.74) is 13.7. The molecule has 2 aromatic heterocycles. The average molecular weight is 667 g/mol. The zero-order valence-corrected chi connectivity index (χ0v) is 29.0. The average Bonchev–Trinajstić information content (AvgIpc) is 3.67. The normalized spacial score (nSPS) is 13.0. The topological polar surface area (TPSA) is 43.6 Å². The summed E-state index contributed by atoms with van der Waals surface area (Å²) in [7, 11) is 0. The number of para-hydroxylation sites is 1.